The number of aromatic nitrogens is 3. The lowest BCUT2D eigenvalue weighted by Gasteiger charge is -2.33. The van der Waals surface area contributed by atoms with Crippen LogP contribution in [-0.2, 0) is 26.2 Å². The highest BCUT2D eigenvalue weighted by atomic mass is 15.1. The van der Waals surface area contributed by atoms with Crippen molar-refractivity contribution in [2.24, 2.45) is 0 Å². The van der Waals surface area contributed by atoms with Crippen LogP contribution in [-0.4, -0.2) is 27.0 Å². The largest absolute Gasteiger partial charge is 0.341 e. The molecule has 1 aliphatic rings. The average molecular weight is 455 g/mol. The van der Waals surface area contributed by atoms with E-state index in [-0.39, 0.29) is 0 Å². The molecule has 2 aromatic heterocycles. The first kappa shape index (κ1) is 22.7. The number of benzene rings is 2. The highest BCUT2D eigenvalue weighted by molar-refractivity contribution is 5.74. The summed E-state index contributed by atoms with van der Waals surface area (Å²) < 4.78 is 0. The minimum absolute atomic E-state index is 0.469. The number of aromatic amines is 1. The smallest absolute Gasteiger partial charge is 0.121 e. The molecule has 0 amide bonds. The summed E-state index contributed by atoms with van der Waals surface area (Å²) in [5.41, 5.74) is 5.83. The van der Waals surface area contributed by atoms with E-state index in [2.05, 4.69) is 62.3 Å². The topological polar surface area (TPSA) is 77.7 Å². The first-order valence-corrected chi connectivity index (χ1v) is 12.4. The molecular formula is C28H34N6. The Morgan fingerprint density at radius 1 is 0.735 bits per heavy atom. The molecule has 6 heteroatoms. The molecule has 4 aromatic rings. The van der Waals surface area contributed by atoms with E-state index < -0.39 is 0 Å². The molecule has 2 aromatic carbocycles. The molecule has 5 rings (SSSR count). The fourth-order valence-electron chi connectivity index (χ4n) is 4.80. The van der Waals surface area contributed by atoms with Crippen LogP contribution in [0.25, 0.3) is 11.0 Å². The molecule has 6 nitrogen and oxygen atoms in total. The lowest BCUT2D eigenvalue weighted by molar-refractivity contribution is 0.280. The molecule has 1 fully saturated rings. The third kappa shape index (κ3) is 6.08. The van der Waals surface area contributed by atoms with Gasteiger partial charge in [-0.1, -0.05) is 55.3 Å². The summed E-state index contributed by atoms with van der Waals surface area (Å²) in [4.78, 5) is 12.5. The second-order valence-electron chi connectivity index (χ2n) is 9.20. The van der Waals surface area contributed by atoms with Gasteiger partial charge in [-0.3, -0.25) is 4.98 Å². The maximum atomic E-state index is 4.72. The summed E-state index contributed by atoms with van der Waals surface area (Å²) in [5.74, 6) is 1.01. The van der Waals surface area contributed by atoms with Gasteiger partial charge in [0.25, 0.3) is 0 Å². The lowest BCUT2D eigenvalue weighted by Crippen LogP contribution is -2.49. The third-order valence-electron chi connectivity index (χ3n) is 6.69. The minimum atomic E-state index is 0.469. The van der Waals surface area contributed by atoms with Crippen molar-refractivity contribution in [1.82, 2.24) is 30.9 Å². The monoisotopic (exact) mass is 454 g/mol. The Balaban J connectivity index is 1.09. The number of para-hydroxylation sites is 2. The van der Waals surface area contributed by atoms with E-state index in [0.717, 1.165) is 48.7 Å². The van der Waals surface area contributed by atoms with Gasteiger partial charge in [0, 0.05) is 37.9 Å². The Morgan fingerprint density at radius 3 is 2.18 bits per heavy atom. The molecule has 4 N–H and O–H groups in total. The van der Waals surface area contributed by atoms with Crippen LogP contribution >= 0.6 is 0 Å². The average Bonchev–Trinajstić information content (AvgIpc) is 3.31. The Morgan fingerprint density at radius 2 is 1.44 bits per heavy atom. The zero-order chi connectivity index (χ0) is 23.0. The zero-order valence-corrected chi connectivity index (χ0v) is 19.6. The zero-order valence-electron chi connectivity index (χ0n) is 19.6. The molecule has 0 radical (unpaired) electrons. The molecule has 2 atom stereocenters. The summed E-state index contributed by atoms with van der Waals surface area (Å²) in [6, 6.07) is 24.1. The number of nitrogens with one attached hydrogen (secondary N) is 4. The Hall–Kier alpha value is -3.06. The lowest BCUT2D eigenvalue weighted by atomic mass is 9.90. The van der Waals surface area contributed by atoms with Crippen LogP contribution in [0, 0.1) is 0 Å². The molecular weight excluding hydrogens is 420 g/mol. The van der Waals surface area contributed by atoms with Crippen molar-refractivity contribution < 1.29 is 0 Å². The van der Waals surface area contributed by atoms with Crippen molar-refractivity contribution in [2.45, 2.75) is 63.9 Å². The molecule has 176 valence electrons. The van der Waals surface area contributed by atoms with Gasteiger partial charge in [-0.2, -0.15) is 0 Å². The van der Waals surface area contributed by atoms with Crippen molar-refractivity contribution in [2.75, 3.05) is 0 Å². The van der Waals surface area contributed by atoms with Gasteiger partial charge in [0.05, 0.1) is 23.3 Å². The SMILES string of the molecule is c1ccc(CNCc2ccc(CNC3CCCCC3NCc3nc4ccccc4[nH]3)cc2)nc1. The van der Waals surface area contributed by atoms with E-state index in [1.165, 1.54) is 36.8 Å². The minimum Gasteiger partial charge on any atom is -0.341 e. The summed E-state index contributed by atoms with van der Waals surface area (Å²) >= 11 is 0. The predicted octanol–water partition coefficient (Wildman–Crippen LogP) is 4.44. The Bertz CT molecular complexity index is 1120. The third-order valence-corrected chi connectivity index (χ3v) is 6.69. The van der Waals surface area contributed by atoms with E-state index in [4.69, 9.17) is 4.98 Å². The van der Waals surface area contributed by atoms with E-state index in [0.29, 0.717) is 12.1 Å². The highest BCUT2D eigenvalue weighted by Gasteiger charge is 2.24. The number of hydrogen-bond donors (Lipinski definition) is 4. The van der Waals surface area contributed by atoms with E-state index >= 15 is 0 Å². The Kier molecular flexibility index (Phi) is 7.60. The molecule has 2 heterocycles. The number of H-pyrrole nitrogens is 1. The fourth-order valence-corrected chi connectivity index (χ4v) is 4.80. The summed E-state index contributed by atoms with van der Waals surface area (Å²) in [5, 5.41) is 11.0. The van der Waals surface area contributed by atoms with E-state index in [1.807, 2.05) is 36.5 Å². The quantitative estimate of drug-likeness (QED) is 0.285. The molecule has 0 spiro atoms. The van der Waals surface area contributed by atoms with E-state index in [9.17, 15) is 0 Å². The molecule has 0 saturated heterocycles. The maximum Gasteiger partial charge on any atom is 0.121 e. The van der Waals surface area contributed by atoms with Gasteiger partial charge in [-0.05, 0) is 48.2 Å². The van der Waals surface area contributed by atoms with Crippen LogP contribution in [0.2, 0.25) is 0 Å². The van der Waals surface area contributed by atoms with E-state index in [1.54, 1.807) is 0 Å². The Labute approximate surface area is 201 Å². The second kappa shape index (κ2) is 11.4. The first-order valence-electron chi connectivity index (χ1n) is 12.4. The van der Waals surface area contributed by atoms with Crippen LogP contribution in [0.5, 0.6) is 0 Å². The second-order valence-corrected chi connectivity index (χ2v) is 9.20. The van der Waals surface area contributed by atoms with Gasteiger partial charge in [-0.25, -0.2) is 4.98 Å². The van der Waals surface area contributed by atoms with Crippen molar-refractivity contribution in [3.63, 3.8) is 0 Å². The van der Waals surface area contributed by atoms with Gasteiger partial charge in [0.15, 0.2) is 0 Å². The van der Waals surface area contributed by atoms with Crippen LogP contribution in [0.1, 0.15) is 48.3 Å². The van der Waals surface area contributed by atoms with Crippen LogP contribution in [0.15, 0.2) is 72.9 Å². The molecule has 0 aliphatic heterocycles. The normalized spacial score (nSPS) is 18.4. The van der Waals surface area contributed by atoms with Crippen LogP contribution in [0.3, 0.4) is 0 Å². The number of hydrogen-bond acceptors (Lipinski definition) is 5. The predicted molar refractivity (Wildman–Crippen MR) is 137 cm³/mol. The first-order chi connectivity index (χ1) is 16.8. The summed E-state index contributed by atoms with van der Waals surface area (Å²) in [7, 11) is 0. The standard InChI is InChI=1S/C28H34N6/c1-2-9-25(32-20-28-33-26-10-3-4-11-27(26)34-28)24(8-1)31-18-22-14-12-21(13-15-22)17-29-19-23-7-5-6-16-30-23/h3-7,10-16,24-25,29,31-32H,1-2,8-9,17-20H2,(H,33,34). The van der Waals surface area contributed by atoms with Gasteiger partial charge >= 0.3 is 0 Å². The van der Waals surface area contributed by atoms with Crippen molar-refractivity contribution in [3.8, 4) is 0 Å². The van der Waals surface area contributed by atoms with Gasteiger partial charge in [-0.15, -0.1) is 0 Å². The van der Waals surface area contributed by atoms with Crippen LogP contribution in [0.4, 0.5) is 0 Å². The molecule has 1 saturated carbocycles. The van der Waals surface area contributed by atoms with Gasteiger partial charge in [0.2, 0.25) is 0 Å². The number of nitrogens with zero attached hydrogens (tertiary/aromatic N) is 2. The van der Waals surface area contributed by atoms with Crippen LogP contribution < -0.4 is 16.0 Å². The fraction of sp³-hybridized carbons (Fsp3) is 0.357. The molecule has 2 unspecified atom stereocenters. The number of rotatable bonds is 10. The number of imidazole rings is 1. The molecule has 0 bridgehead atoms. The number of fused-ring (bicyclic) bond motifs is 1. The van der Waals surface area contributed by atoms with Crippen molar-refractivity contribution >= 4 is 11.0 Å². The summed E-state index contributed by atoms with van der Waals surface area (Å²) in [6.07, 6.45) is 6.84. The maximum absolute atomic E-state index is 4.72. The van der Waals surface area contributed by atoms with Crippen molar-refractivity contribution in [1.29, 1.82) is 0 Å². The molecule has 34 heavy (non-hydrogen) atoms. The number of pyridine rings is 1. The highest BCUT2D eigenvalue weighted by Crippen LogP contribution is 2.20. The molecule has 1 aliphatic carbocycles. The van der Waals surface area contributed by atoms with Gasteiger partial charge < -0.3 is 20.9 Å². The summed E-state index contributed by atoms with van der Waals surface area (Å²) in [6.45, 7) is 3.31. The van der Waals surface area contributed by atoms with Gasteiger partial charge in [0.1, 0.15) is 5.82 Å². The van der Waals surface area contributed by atoms with Crippen molar-refractivity contribution in [3.05, 3.63) is 95.6 Å².